The highest BCUT2D eigenvalue weighted by Crippen LogP contribution is 2.30. The average molecular weight is 428 g/mol. The van der Waals surface area contributed by atoms with E-state index in [0.717, 1.165) is 18.5 Å². The Labute approximate surface area is 174 Å². The molecule has 0 unspecified atom stereocenters. The minimum Gasteiger partial charge on any atom is -0.268 e. The molecule has 0 N–H and O–H groups in total. The van der Waals surface area contributed by atoms with Gasteiger partial charge in [0.1, 0.15) is 0 Å². The highest BCUT2D eigenvalue weighted by molar-refractivity contribution is 7.89. The van der Waals surface area contributed by atoms with Gasteiger partial charge in [0.2, 0.25) is 10.0 Å². The van der Waals surface area contributed by atoms with Crippen LogP contribution in [0.25, 0.3) is 0 Å². The van der Waals surface area contributed by atoms with Crippen LogP contribution in [0, 0.1) is 6.92 Å². The molecule has 0 aliphatic carbocycles. The Morgan fingerprint density at radius 3 is 2.28 bits per heavy atom. The summed E-state index contributed by atoms with van der Waals surface area (Å²) in [6.45, 7) is 2.98. The summed E-state index contributed by atoms with van der Waals surface area (Å²) in [5, 5.41) is 2.47. The molecule has 1 fully saturated rings. The fourth-order valence-corrected chi connectivity index (χ4v) is 5.65. The Bertz CT molecular complexity index is 1100. The number of sulfonamides is 1. The first kappa shape index (κ1) is 19.8. The molecule has 1 aliphatic rings. The lowest BCUT2D eigenvalue weighted by Gasteiger charge is -2.20. The van der Waals surface area contributed by atoms with E-state index in [1.807, 2.05) is 42.6 Å². The zero-order chi connectivity index (χ0) is 20.4. The third-order valence-electron chi connectivity index (χ3n) is 4.82. The summed E-state index contributed by atoms with van der Waals surface area (Å²) in [7, 11) is -3.50. The Morgan fingerprint density at radius 1 is 1.03 bits per heavy atom. The molecule has 8 heteroatoms. The van der Waals surface area contributed by atoms with Crippen LogP contribution in [0.5, 0.6) is 0 Å². The van der Waals surface area contributed by atoms with Gasteiger partial charge in [0, 0.05) is 24.0 Å². The summed E-state index contributed by atoms with van der Waals surface area (Å²) >= 11 is 1.39. The molecule has 0 saturated carbocycles. The van der Waals surface area contributed by atoms with Crippen molar-refractivity contribution in [3.63, 3.8) is 0 Å². The Kier molecular flexibility index (Phi) is 5.49. The van der Waals surface area contributed by atoms with E-state index < -0.39 is 10.0 Å². The predicted octanol–water partition coefficient (Wildman–Crippen LogP) is 4.21. The number of aromatic nitrogens is 1. The molecule has 0 spiro atoms. The zero-order valence-electron chi connectivity index (χ0n) is 16.0. The van der Waals surface area contributed by atoms with Crippen LogP contribution in [-0.4, -0.2) is 36.7 Å². The first-order valence-electron chi connectivity index (χ1n) is 9.39. The second-order valence-electron chi connectivity index (χ2n) is 6.88. The standard InChI is InChI=1S/C21H21N3O3S2/c1-16-15-28-21(22-16)24(18-7-3-2-4-8-18)20(25)17-9-11-19(12-10-17)29(26,27)23-13-5-6-14-23/h2-4,7-12,15H,5-6,13-14H2,1H3. The number of aryl methyl sites for hydroxylation is 1. The first-order valence-corrected chi connectivity index (χ1v) is 11.7. The van der Waals surface area contributed by atoms with E-state index >= 15 is 0 Å². The van der Waals surface area contributed by atoms with Crippen LogP contribution in [0.1, 0.15) is 28.9 Å². The van der Waals surface area contributed by atoms with Gasteiger partial charge in [-0.15, -0.1) is 11.3 Å². The number of thiazole rings is 1. The topological polar surface area (TPSA) is 70.6 Å². The van der Waals surface area contributed by atoms with Crippen LogP contribution in [0.4, 0.5) is 10.8 Å². The normalized spacial score (nSPS) is 14.8. The summed E-state index contributed by atoms with van der Waals surface area (Å²) in [6, 6.07) is 15.5. The maximum Gasteiger partial charge on any atom is 0.264 e. The van der Waals surface area contributed by atoms with Gasteiger partial charge < -0.3 is 0 Å². The molecule has 4 rings (SSSR count). The van der Waals surface area contributed by atoms with Gasteiger partial charge >= 0.3 is 0 Å². The van der Waals surface area contributed by atoms with Crippen molar-refractivity contribution >= 4 is 38.1 Å². The van der Waals surface area contributed by atoms with Crippen molar-refractivity contribution in [2.24, 2.45) is 0 Å². The van der Waals surface area contributed by atoms with Crippen LogP contribution in [0.15, 0.2) is 64.9 Å². The van der Waals surface area contributed by atoms with E-state index in [9.17, 15) is 13.2 Å². The third-order valence-corrected chi connectivity index (χ3v) is 7.68. The lowest BCUT2D eigenvalue weighted by atomic mass is 10.2. The van der Waals surface area contributed by atoms with Gasteiger partial charge in [-0.25, -0.2) is 13.4 Å². The molecule has 29 heavy (non-hydrogen) atoms. The molecule has 6 nitrogen and oxygen atoms in total. The molecule has 1 aliphatic heterocycles. The molecule has 2 heterocycles. The quantitative estimate of drug-likeness (QED) is 0.611. The highest BCUT2D eigenvalue weighted by Gasteiger charge is 2.28. The lowest BCUT2D eigenvalue weighted by molar-refractivity contribution is 0.0999. The molecule has 3 aromatic rings. The number of benzene rings is 2. The molecule has 0 atom stereocenters. The largest absolute Gasteiger partial charge is 0.268 e. The molecule has 0 radical (unpaired) electrons. The second kappa shape index (κ2) is 8.06. The number of nitrogens with zero attached hydrogens (tertiary/aromatic N) is 3. The smallest absolute Gasteiger partial charge is 0.264 e. The molecule has 1 saturated heterocycles. The van der Waals surface area contributed by atoms with Gasteiger partial charge in [0.05, 0.1) is 16.3 Å². The van der Waals surface area contributed by atoms with Gasteiger partial charge in [0.25, 0.3) is 5.91 Å². The van der Waals surface area contributed by atoms with Gasteiger partial charge in [-0.05, 0) is 56.2 Å². The minimum absolute atomic E-state index is 0.215. The summed E-state index contributed by atoms with van der Waals surface area (Å²) in [5.74, 6) is -0.254. The van der Waals surface area contributed by atoms with E-state index in [0.29, 0.717) is 29.5 Å². The second-order valence-corrected chi connectivity index (χ2v) is 9.66. The van der Waals surface area contributed by atoms with Crippen molar-refractivity contribution in [2.75, 3.05) is 18.0 Å². The maximum atomic E-state index is 13.3. The summed E-state index contributed by atoms with van der Waals surface area (Å²) in [5.41, 5.74) is 1.95. The highest BCUT2D eigenvalue weighted by atomic mass is 32.2. The fourth-order valence-electron chi connectivity index (χ4n) is 3.31. The molecule has 0 bridgehead atoms. The van der Waals surface area contributed by atoms with Gasteiger partial charge in [0.15, 0.2) is 5.13 Å². The summed E-state index contributed by atoms with van der Waals surface area (Å²) in [6.07, 6.45) is 1.77. The molecule has 1 aromatic heterocycles. The maximum absolute atomic E-state index is 13.3. The fraction of sp³-hybridized carbons (Fsp3) is 0.238. The number of carbonyl (C=O) groups excluding carboxylic acids is 1. The van der Waals surface area contributed by atoms with E-state index in [2.05, 4.69) is 4.98 Å². The minimum atomic E-state index is -3.50. The van der Waals surface area contributed by atoms with Crippen LogP contribution in [0.2, 0.25) is 0 Å². The summed E-state index contributed by atoms with van der Waals surface area (Å²) < 4.78 is 26.9. The third kappa shape index (κ3) is 3.96. The Morgan fingerprint density at radius 2 is 1.69 bits per heavy atom. The number of hydrogen-bond acceptors (Lipinski definition) is 5. The van der Waals surface area contributed by atoms with Crippen molar-refractivity contribution in [3.8, 4) is 0 Å². The van der Waals surface area contributed by atoms with E-state index in [1.165, 1.54) is 27.8 Å². The van der Waals surface area contributed by atoms with E-state index in [-0.39, 0.29) is 10.8 Å². The SMILES string of the molecule is Cc1csc(N(C(=O)c2ccc(S(=O)(=O)N3CCCC3)cc2)c2ccccc2)n1. The molecular formula is C21H21N3O3S2. The number of carbonyl (C=O) groups is 1. The lowest BCUT2D eigenvalue weighted by Crippen LogP contribution is -2.28. The van der Waals surface area contributed by atoms with Crippen LogP contribution in [0.3, 0.4) is 0 Å². The first-order chi connectivity index (χ1) is 14.0. The monoisotopic (exact) mass is 427 g/mol. The van der Waals surface area contributed by atoms with Crippen molar-refractivity contribution < 1.29 is 13.2 Å². The average Bonchev–Trinajstić information content (AvgIpc) is 3.42. The Hall–Kier alpha value is -2.55. The number of para-hydroxylation sites is 1. The number of hydrogen-bond donors (Lipinski definition) is 0. The zero-order valence-corrected chi connectivity index (χ0v) is 17.6. The van der Waals surface area contributed by atoms with Crippen molar-refractivity contribution in [1.82, 2.24) is 9.29 Å². The van der Waals surface area contributed by atoms with Crippen molar-refractivity contribution in [1.29, 1.82) is 0 Å². The van der Waals surface area contributed by atoms with E-state index in [1.54, 1.807) is 17.0 Å². The Balaban J connectivity index is 1.66. The van der Waals surface area contributed by atoms with Crippen molar-refractivity contribution in [2.45, 2.75) is 24.7 Å². The molecule has 1 amide bonds. The van der Waals surface area contributed by atoms with Crippen LogP contribution >= 0.6 is 11.3 Å². The molecule has 2 aromatic carbocycles. The number of anilines is 2. The molecular weight excluding hydrogens is 406 g/mol. The van der Waals surface area contributed by atoms with Crippen LogP contribution < -0.4 is 4.90 Å². The van der Waals surface area contributed by atoms with Crippen molar-refractivity contribution in [3.05, 3.63) is 71.2 Å². The summed E-state index contributed by atoms with van der Waals surface area (Å²) in [4.78, 5) is 19.5. The number of rotatable bonds is 5. The molecule has 150 valence electrons. The predicted molar refractivity (Wildman–Crippen MR) is 114 cm³/mol. The van der Waals surface area contributed by atoms with E-state index in [4.69, 9.17) is 0 Å². The number of amides is 1. The van der Waals surface area contributed by atoms with Crippen LogP contribution in [-0.2, 0) is 10.0 Å². The van der Waals surface area contributed by atoms with Gasteiger partial charge in [-0.1, -0.05) is 18.2 Å². The van der Waals surface area contributed by atoms with Gasteiger partial charge in [-0.3, -0.25) is 9.69 Å². The van der Waals surface area contributed by atoms with Gasteiger partial charge in [-0.2, -0.15) is 4.31 Å².